The van der Waals surface area contributed by atoms with Crippen LogP contribution in [0, 0.1) is 18.3 Å². The Morgan fingerprint density at radius 3 is 2.83 bits per heavy atom. The van der Waals surface area contributed by atoms with Gasteiger partial charge >= 0.3 is 0 Å². The lowest BCUT2D eigenvalue weighted by atomic mass is 10.2. The topological polar surface area (TPSA) is 60.7 Å². The molecule has 2 aromatic rings. The summed E-state index contributed by atoms with van der Waals surface area (Å²) in [5, 5.41) is 15.9. The second-order valence-electron chi connectivity index (χ2n) is 3.67. The van der Waals surface area contributed by atoms with Gasteiger partial charge in [0.1, 0.15) is 6.07 Å². The molecule has 2 rings (SSSR count). The summed E-state index contributed by atoms with van der Waals surface area (Å²) in [4.78, 5) is 4.87. The molecule has 0 radical (unpaired) electrons. The quantitative estimate of drug-likeness (QED) is 0.900. The third kappa shape index (κ3) is 2.63. The number of halogens is 1. The average Bonchev–Trinajstić information content (AvgIpc) is 2.75. The van der Waals surface area contributed by atoms with Gasteiger partial charge in [0.15, 0.2) is 15.8 Å². The van der Waals surface area contributed by atoms with Gasteiger partial charge in [-0.15, -0.1) is 0 Å². The summed E-state index contributed by atoms with van der Waals surface area (Å²) in [5.41, 5.74) is 2.06. The highest BCUT2D eigenvalue weighted by molar-refractivity contribution is 9.10. The molecule has 6 heteroatoms. The van der Waals surface area contributed by atoms with Crippen LogP contribution in [-0.4, -0.2) is 12.0 Å². The first-order chi connectivity index (χ1) is 8.63. The maximum Gasteiger partial charge on any atom is 0.185 e. The first-order valence-electron chi connectivity index (χ1n) is 5.26. The van der Waals surface area contributed by atoms with Crippen molar-refractivity contribution in [3.05, 3.63) is 33.1 Å². The standard InChI is InChI=1S/C12H11BrN4S/c1-7-3-4-9(8(13)5-7)16-11-10(6-14)18-12(15-2)17-11/h3-5,16H,1-2H3,(H,15,17). The Hall–Kier alpha value is -1.58. The second kappa shape index (κ2) is 5.38. The van der Waals surface area contributed by atoms with Crippen molar-refractivity contribution in [2.45, 2.75) is 6.92 Å². The molecule has 4 nitrogen and oxygen atoms in total. The Morgan fingerprint density at radius 1 is 1.44 bits per heavy atom. The highest BCUT2D eigenvalue weighted by Crippen LogP contribution is 2.31. The largest absolute Gasteiger partial charge is 0.364 e. The summed E-state index contributed by atoms with van der Waals surface area (Å²) < 4.78 is 0.949. The Labute approximate surface area is 118 Å². The molecule has 0 aliphatic rings. The van der Waals surface area contributed by atoms with Gasteiger partial charge in [0.2, 0.25) is 0 Å². The van der Waals surface area contributed by atoms with Crippen LogP contribution >= 0.6 is 27.3 Å². The van der Waals surface area contributed by atoms with E-state index in [1.807, 2.05) is 25.1 Å². The molecule has 1 aromatic carbocycles. The number of aromatic nitrogens is 1. The molecule has 0 saturated heterocycles. The number of hydrogen-bond acceptors (Lipinski definition) is 5. The molecule has 0 atom stereocenters. The molecule has 0 aliphatic heterocycles. The third-order valence-corrected chi connectivity index (χ3v) is 3.95. The fourth-order valence-corrected chi connectivity index (χ4v) is 2.70. The number of benzene rings is 1. The summed E-state index contributed by atoms with van der Waals surface area (Å²) in [6.07, 6.45) is 0. The van der Waals surface area contributed by atoms with Gasteiger partial charge in [-0.05, 0) is 40.5 Å². The normalized spacial score (nSPS) is 9.89. The highest BCUT2D eigenvalue weighted by Gasteiger charge is 2.11. The molecular formula is C12H11BrN4S. The van der Waals surface area contributed by atoms with Gasteiger partial charge in [0.05, 0.1) is 5.69 Å². The Balaban J connectivity index is 2.34. The molecule has 92 valence electrons. The van der Waals surface area contributed by atoms with E-state index in [2.05, 4.69) is 37.6 Å². The van der Waals surface area contributed by atoms with Crippen molar-refractivity contribution in [2.75, 3.05) is 17.7 Å². The molecule has 0 amide bonds. The van der Waals surface area contributed by atoms with E-state index in [9.17, 15) is 0 Å². The molecule has 0 spiro atoms. The second-order valence-corrected chi connectivity index (χ2v) is 5.52. The van der Waals surface area contributed by atoms with Crippen LogP contribution < -0.4 is 10.6 Å². The van der Waals surface area contributed by atoms with Crippen LogP contribution in [0.5, 0.6) is 0 Å². The van der Waals surface area contributed by atoms with E-state index in [-0.39, 0.29) is 0 Å². The molecular weight excluding hydrogens is 312 g/mol. The van der Waals surface area contributed by atoms with E-state index >= 15 is 0 Å². The van der Waals surface area contributed by atoms with Crippen LogP contribution in [0.2, 0.25) is 0 Å². The summed E-state index contributed by atoms with van der Waals surface area (Å²) in [5.74, 6) is 0.580. The minimum Gasteiger partial charge on any atom is -0.364 e. The van der Waals surface area contributed by atoms with Crippen molar-refractivity contribution in [1.29, 1.82) is 5.26 Å². The molecule has 18 heavy (non-hydrogen) atoms. The lowest BCUT2D eigenvalue weighted by molar-refractivity contribution is 1.33. The van der Waals surface area contributed by atoms with Gasteiger partial charge in [-0.25, -0.2) is 4.98 Å². The number of nitrogens with zero attached hydrogens (tertiary/aromatic N) is 2. The van der Waals surface area contributed by atoms with Crippen LogP contribution in [-0.2, 0) is 0 Å². The smallest absolute Gasteiger partial charge is 0.185 e. The molecule has 0 fully saturated rings. The van der Waals surface area contributed by atoms with Crippen molar-refractivity contribution >= 4 is 43.9 Å². The van der Waals surface area contributed by atoms with Gasteiger partial charge in [0.25, 0.3) is 0 Å². The van der Waals surface area contributed by atoms with Crippen LogP contribution in [0.3, 0.4) is 0 Å². The lowest BCUT2D eigenvalue weighted by Gasteiger charge is -2.06. The molecule has 1 heterocycles. The Bertz CT molecular complexity index is 615. The first kappa shape index (κ1) is 12.9. The molecule has 0 unspecified atom stereocenters. The maximum atomic E-state index is 9.06. The van der Waals surface area contributed by atoms with Gasteiger partial charge in [-0.1, -0.05) is 17.4 Å². The summed E-state index contributed by atoms with van der Waals surface area (Å²) in [6, 6.07) is 8.11. The fourth-order valence-electron chi connectivity index (χ4n) is 1.44. The maximum absolute atomic E-state index is 9.06. The molecule has 0 saturated carbocycles. The van der Waals surface area contributed by atoms with Crippen molar-refractivity contribution in [3.63, 3.8) is 0 Å². The predicted molar refractivity (Wildman–Crippen MR) is 78.5 cm³/mol. The molecule has 0 bridgehead atoms. The monoisotopic (exact) mass is 322 g/mol. The zero-order valence-electron chi connectivity index (χ0n) is 9.91. The summed E-state index contributed by atoms with van der Waals surface area (Å²) in [7, 11) is 1.78. The average molecular weight is 323 g/mol. The highest BCUT2D eigenvalue weighted by atomic mass is 79.9. The zero-order valence-corrected chi connectivity index (χ0v) is 12.3. The molecule has 2 N–H and O–H groups in total. The van der Waals surface area contributed by atoms with Crippen molar-refractivity contribution in [2.24, 2.45) is 0 Å². The van der Waals surface area contributed by atoms with Crippen LogP contribution in [0.15, 0.2) is 22.7 Å². The van der Waals surface area contributed by atoms with Crippen LogP contribution in [0.4, 0.5) is 16.6 Å². The third-order valence-electron chi connectivity index (χ3n) is 2.32. The number of anilines is 3. The van der Waals surface area contributed by atoms with Crippen molar-refractivity contribution in [1.82, 2.24) is 4.98 Å². The lowest BCUT2D eigenvalue weighted by Crippen LogP contribution is -1.94. The Morgan fingerprint density at radius 2 is 2.22 bits per heavy atom. The van der Waals surface area contributed by atoms with Gasteiger partial charge in [0, 0.05) is 11.5 Å². The number of nitriles is 1. The Kier molecular flexibility index (Phi) is 3.84. The van der Waals surface area contributed by atoms with E-state index in [1.165, 1.54) is 16.9 Å². The number of nitrogens with one attached hydrogen (secondary N) is 2. The van der Waals surface area contributed by atoms with E-state index in [1.54, 1.807) is 7.05 Å². The SMILES string of the molecule is CNc1nc(Nc2ccc(C)cc2Br)c(C#N)s1. The zero-order chi connectivity index (χ0) is 13.1. The minimum absolute atomic E-state index is 0.562. The fraction of sp³-hybridized carbons (Fsp3) is 0.167. The van der Waals surface area contributed by atoms with E-state index < -0.39 is 0 Å². The number of rotatable bonds is 3. The predicted octanol–water partition coefficient (Wildman–Crippen LogP) is 3.87. The first-order valence-corrected chi connectivity index (χ1v) is 6.87. The van der Waals surface area contributed by atoms with Gasteiger partial charge in [-0.2, -0.15) is 5.26 Å². The van der Waals surface area contributed by atoms with Crippen LogP contribution in [0.25, 0.3) is 0 Å². The summed E-state index contributed by atoms with van der Waals surface area (Å²) in [6.45, 7) is 2.02. The number of thiazole rings is 1. The molecule has 0 aliphatic carbocycles. The van der Waals surface area contributed by atoms with Gasteiger partial charge in [-0.3, -0.25) is 0 Å². The summed E-state index contributed by atoms with van der Waals surface area (Å²) >= 11 is 4.82. The van der Waals surface area contributed by atoms with E-state index in [0.717, 1.165) is 15.3 Å². The number of hydrogen-bond donors (Lipinski definition) is 2. The van der Waals surface area contributed by atoms with Crippen molar-refractivity contribution in [3.8, 4) is 6.07 Å². The van der Waals surface area contributed by atoms with Gasteiger partial charge < -0.3 is 10.6 Å². The number of aryl methyl sites for hydroxylation is 1. The molecule has 1 aromatic heterocycles. The van der Waals surface area contributed by atoms with E-state index in [4.69, 9.17) is 5.26 Å². The van der Waals surface area contributed by atoms with Crippen molar-refractivity contribution < 1.29 is 0 Å². The van der Waals surface area contributed by atoms with Crippen LogP contribution in [0.1, 0.15) is 10.4 Å². The van der Waals surface area contributed by atoms with E-state index in [0.29, 0.717) is 10.7 Å². The minimum atomic E-state index is 0.562.